The molecule has 1 aliphatic rings. The third kappa shape index (κ3) is 2.82. The number of hydrogen-bond acceptors (Lipinski definition) is 2. The highest BCUT2D eigenvalue weighted by atomic mass is 16.4. The fourth-order valence-corrected chi connectivity index (χ4v) is 2.29. The van der Waals surface area contributed by atoms with Crippen LogP contribution in [-0.2, 0) is 9.59 Å². The molecule has 1 aliphatic carbocycles. The van der Waals surface area contributed by atoms with Crippen LogP contribution in [0.5, 0.6) is 0 Å². The Morgan fingerprint density at radius 3 is 2.50 bits per heavy atom. The van der Waals surface area contributed by atoms with Gasteiger partial charge in [-0.1, -0.05) is 6.92 Å². The lowest BCUT2D eigenvalue weighted by Gasteiger charge is -2.32. The SMILES string of the molecule is CC(=O)[C@@H]1CC[C@H](C)[C@H](CC(=O)O)C1. The van der Waals surface area contributed by atoms with E-state index >= 15 is 0 Å². The van der Waals surface area contributed by atoms with E-state index in [0.29, 0.717) is 5.92 Å². The third-order valence-corrected chi connectivity index (χ3v) is 3.37. The molecule has 1 fully saturated rings. The summed E-state index contributed by atoms with van der Waals surface area (Å²) < 4.78 is 0. The third-order valence-electron chi connectivity index (χ3n) is 3.37. The summed E-state index contributed by atoms with van der Waals surface area (Å²) in [4.78, 5) is 21.8. The molecule has 1 N–H and O–H groups in total. The Labute approximate surface area is 84.5 Å². The van der Waals surface area contributed by atoms with Gasteiger partial charge in [-0.05, 0) is 38.0 Å². The van der Waals surface area contributed by atoms with Crippen LogP contribution in [0.4, 0.5) is 0 Å². The number of rotatable bonds is 3. The predicted molar refractivity (Wildman–Crippen MR) is 52.9 cm³/mol. The Balaban J connectivity index is 2.55. The minimum absolute atomic E-state index is 0.107. The molecule has 0 aromatic rings. The van der Waals surface area contributed by atoms with Gasteiger partial charge in [-0.15, -0.1) is 0 Å². The molecular weight excluding hydrogens is 180 g/mol. The standard InChI is InChI=1S/C11H18O3/c1-7-3-4-9(8(2)12)5-10(7)6-11(13)14/h7,9-10H,3-6H2,1-2H3,(H,13,14)/t7-,9+,10-/m0/s1. The van der Waals surface area contributed by atoms with Crippen LogP contribution in [0.2, 0.25) is 0 Å². The zero-order valence-electron chi connectivity index (χ0n) is 8.82. The summed E-state index contributed by atoms with van der Waals surface area (Å²) in [6, 6.07) is 0. The van der Waals surface area contributed by atoms with Gasteiger partial charge >= 0.3 is 5.97 Å². The van der Waals surface area contributed by atoms with Gasteiger partial charge in [0.2, 0.25) is 0 Å². The monoisotopic (exact) mass is 198 g/mol. The summed E-state index contributed by atoms with van der Waals surface area (Å²) >= 11 is 0. The van der Waals surface area contributed by atoms with Crippen molar-refractivity contribution in [1.29, 1.82) is 0 Å². The first-order valence-corrected chi connectivity index (χ1v) is 5.23. The first-order valence-electron chi connectivity index (χ1n) is 5.23. The Morgan fingerprint density at radius 1 is 1.36 bits per heavy atom. The summed E-state index contributed by atoms with van der Waals surface area (Å²) in [5.74, 6) is 0.214. The van der Waals surface area contributed by atoms with Gasteiger partial charge in [0.15, 0.2) is 0 Å². The molecule has 80 valence electrons. The maximum Gasteiger partial charge on any atom is 0.303 e. The van der Waals surface area contributed by atoms with Gasteiger partial charge in [-0.25, -0.2) is 0 Å². The molecular formula is C11H18O3. The van der Waals surface area contributed by atoms with Crippen LogP contribution in [0, 0.1) is 17.8 Å². The average Bonchev–Trinajstić information content (AvgIpc) is 2.07. The zero-order valence-corrected chi connectivity index (χ0v) is 8.82. The number of Topliss-reactive ketones (excluding diaryl/α,β-unsaturated/α-hetero) is 1. The number of ketones is 1. The highest BCUT2D eigenvalue weighted by Crippen LogP contribution is 2.35. The van der Waals surface area contributed by atoms with E-state index in [9.17, 15) is 9.59 Å². The van der Waals surface area contributed by atoms with Crippen molar-refractivity contribution in [3.8, 4) is 0 Å². The molecule has 0 unspecified atom stereocenters. The van der Waals surface area contributed by atoms with Gasteiger partial charge in [0.25, 0.3) is 0 Å². The molecule has 0 spiro atoms. The Bertz CT molecular complexity index is 235. The van der Waals surface area contributed by atoms with Crippen LogP contribution >= 0.6 is 0 Å². The van der Waals surface area contributed by atoms with E-state index in [-0.39, 0.29) is 24.0 Å². The lowest BCUT2D eigenvalue weighted by molar-refractivity contribution is -0.139. The van der Waals surface area contributed by atoms with Crippen molar-refractivity contribution >= 4 is 11.8 Å². The van der Waals surface area contributed by atoms with Crippen molar-refractivity contribution in [2.75, 3.05) is 0 Å². The molecule has 3 heteroatoms. The number of carboxylic acids is 1. The molecule has 14 heavy (non-hydrogen) atoms. The molecule has 0 aliphatic heterocycles. The van der Waals surface area contributed by atoms with E-state index in [1.54, 1.807) is 6.92 Å². The molecule has 0 amide bonds. The fourth-order valence-electron chi connectivity index (χ4n) is 2.29. The summed E-state index contributed by atoms with van der Waals surface area (Å²) in [6.07, 6.45) is 2.91. The number of carbonyl (C=O) groups excluding carboxylic acids is 1. The van der Waals surface area contributed by atoms with Crippen LogP contribution in [0.25, 0.3) is 0 Å². The van der Waals surface area contributed by atoms with Gasteiger partial charge < -0.3 is 5.11 Å². The van der Waals surface area contributed by atoms with Crippen LogP contribution in [-0.4, -0.2) is 16.9 Å². The second kappa shape index (κ2) is 4.58. The van der Waals surface area contributed by atoms with Crippen molar-refractivity contribution in [2.24, 2.45) is 17.8 Å². The van der Waals surface area contributed by atoms with E-state index in [0.717, 1.165) is 19.3 Å². The largest absolute Gasteiger partial charge is 0.481 e. The second-order valence-corrected chi connectivity index (χ2v) is 4.46. The Kier molecular flexibility index (Phi) is 3.67. The second-order valence-electron chi connectivity index (χ2n) is 4.46. The van der Waals surface area contributed by atoms with Gasteiger partial charge in [0, 0.05) is 12.3 Å². The topological polar surface area (TPSA) is 54.4 Å². The number of hydrogen-bond donors (Lipinski definition) is 1. The van der Waals surface area contributed by atoms with E-state index < -0.39 is 5.97 Å². The lowest BCUT2D eigenvalue weighted by atomic mass is 9.72. The molecule has 0 aromatic carbocycles. The van der Waals surface area contributed by atoms with Gasteiger partial charge in [0.1, 0.15) is 5.78 Å². The first kappa shape index (κ1) is 11.2. The Morgan fingerprint density at radius 2 is 2.00 bits per heavy atom. The van der Waals surface area contributed by atoms with E-state index in [1.165, 1.54) is 0 Å². The van der Waals surface area contributed by atoms with E-state index in [2.05, 4.69) is 6.92 Å². The zero-order chi connectivity index (χ0) is 10.7. The highest BCUT2D eigenvalue weighted by Gasteiger charge is 2.31. The first-order chi connectivity index (χ1) is 6.50. The number of aliphatic carboxylic acids is 1. The van der Waals surface area contributed by atoms with Crippen molar-refractivity contribution in [1.82, 2.24) is 0 Å². The van der Waals surface area contributed by atoms with E-state index in [1.807, 2.05) is 0 Å². The molecule has 0 saturated heterocycles. The molecule has 1 saturated carbocycles. The quantitative estimate of drug-likeness (QED) is 0.755. The summed E-state index contributed by atoms with van der Waals surface area (Å²) in [5.41, 5.74) is 0. The van der Waals surface area contributed by atoms with Gasteiger partial charge in [-0.2, -0.15) is 0 Å². The van der Waals surface area contributed by atoms with Crippen LogP contribution in [0.1, 0.15) is 39.5 Å². The lowest BCUT2D eigenvalue weighted by Crippen LogP contribution is -2.28. The Hall–Kier alpha value is -0.860. The minimum Gasteiger partial charge on any atom is -0.481 e. The van der Waals surface area contributed by atoms with Crippen LogP contribution < -0.4 is 0 Å². The maximum absolute atomic E-state index is 11.2. The smallest absolute Gasteiger partial charge is 0.303 e. The fraction of sp³-hybridized carbons (Fsp3) is 0.818. The normalized spacial score (nSPS) is 32.6. The van der Waals surface area contributed by atoms with Crippen molar-refractivity contribution < 1.29 is 14.7 Å². The molecule has 0 radical (unpaired) electrons. The van der Waals surface area contributed by atoms with E-state index in [4.69, 9.17) is 5.11 Å². The average molecular weight is 198 g/mol. The molecule has 1 rings (SSSR count). The molecule has 0 bridgehead atoms. The molecule has 0 aromatic heterocycles. The highest BCUT2D eigenvalue weighted by molar-refractivity contribution is 5.78. The number of carboxylic acid groups (broad SMARTS) is 1. The minimum atomic E-state index is -0.744. The number of carbonyl (C=O) groups is 2. The summed E-state index contributed by atoms with van der Waals surface area (Å²) in [5, 5.41) is 8.72. The summed E-state index contributed by atoms with van der Waals surface area (Å²) in [7, 11) is 0. The summed E-state index contributed by atoms with van der Waals surface area (Å²) in [6.45, 7) is 3.70. The van der Waals surface area contributed by atoms with Crippen LogP contribution in [0.3, 0.4) is 0 Å². The van der Waals surface area contributed by atoms with Gasteiger partial charge in [-0.3, -0.25) is 9.59 Å². The molecule has 3 atom stereocenters. The van der Waals surface area contributed by atoms with Crippen molar-refractivity contribution in [3.63, 3.8) is 0 Å². The molecule has 0 heterocycles. The molecule has 3 nitrogen and oxygen atoms in total. The van der Waals surface area contributed by atoms with Gasteiger partial charge in [0.05, 0.1) is 0 Å². The predicted octanol–water partition coefficient (Wildman–Crippen LogP) is 2.10. The maximum atomic E-state index is 11.2. The van der Waals surface area contributed by atoms with Crippen molar-refractivity contribution in [3.05, 3.63) is 0 Å². The van der Waals surface area contributed by atoms with Crippen molar-refractivity contribution in [2.45, 2.75) is 39.5 Å². The van der Waals surface area contributed by atoms with Crippen LogP contribution in [0.15, 0.2) is 0 Å².